The monoisotopic (exact) mass is 1470 g/mol. The minimum absolute atomic E-state index is 0.0232. The molecule has 12 saturated heterocycles. The van der Waals surface area contributed by atoms with E-state index in [1.54, 1.807) is 0 Å². The zero-order valence-corrected chi connectivity index (χ0v) is 62.3. The molecule has 12 aliphatic rings. The van der Waals surface area contributed by atoms with Crippen LogP contribution in [0.25, 0.3) is 0 Å². The fraction of sp³-hybridized carbons (Fsp3) is 1.00. The molecule has 0 bridgehead atoms. The van der Waals surface area contributed by atoms with Crippen molar-refractivity contribution in [1.29, 1.82) is 0 Å². The van der Waals surface area contributed by atoms with Gasteiger partial charge in [-0.05, 0) is 111 Å². The molecule has 0 radical (unpaired) electrons. The zero-order valence-electron chi connectivity index (χ0n) is 62.3. The van der Waals surface area contributed by atoms with Gasteiger partial charge in [-0.1, -0.05) is 0 Å². The van der Waals surface area contributed by atoms with Crippen LogP contribution in [0.1, 0.15) is 111 Å². The van der Waals surface area contributed by atoms with Crippen molar-refractivity contribution in [3.8, 4) is 0 Å². The summed E-state index contributed by atoms with van der Waals surface area (Å²) in [4.78, 5) is 0. The summed E-state index contributed by atoms with van der Waals surface area (Å²) in [6, 6.07) is 0. The number of hydrogen-bond donors (Lipinski definition) is 1. The van der Waals surface area contributed by atoms with Gasteiger partial charge in [0.15, 0.2) is 71.5 Å². The van der Waals surface area contributed by atoms with Gasteiger partial charge in [0.1, 0.15) is 116 Å². The van der Waals surface area contributed by atoms with E-state index >= 15 is 0 Å². The Morgan fingerprint density at radius 1 is 0.255 bits per heavy atom. The Morgan fingerprint density at radius 2 is 0.461 bits per heavy atom. The van der Waals surface area contributed by atoms with Crippen molar-refractivity contribution in [1.82, 2.24) is 0 Å². The third kappa shape index (κ3) is 21.2. The molecule has 0 saturated carbocycles. The summed E-state index contributed by atoms with van der Waals surface area (Å²) in [6.07, 6.45) is -12.2. The highest BCUT2D eigenvalue weighted by Gasteiger charge is 2.63. The topological polar surface area (TPSA) is 316 Å². The van der Waals surface area contributed by atoms with Crippen LogP contribution in [-0.4, -0.2) is 338 Å². The summed E-state index contributed by atoms with van der Waals surface area (Å²) < 4.78 is 198. The highest BCUT2D eigenvalue weighted by atomic mass is 16.9. The summed E-state index contributed by atoms with van der Waals surface area (Å²) in [5, 5.41) is 10.9. The van der Waals surface area contributed by atoms with Gasteiger partial charge in [0.2, 0.25) is 0 Å². The number of aliphatic hydroxyl groups is 1. The van der Waals surface area contributed by atoms with E-state index in [0.29, 0.717) is 26.4 Å². The minimum Gasteiger partial charge on any atom is -0.388 e. The molecule has 12 rings (SSSR count). The summed E-state index contributed by atoms with van der Waals surface area (Å²) in [5.41, 5.74) is 0. The van der Waals surface area contributed by atoms with Crippen molar-refractivity contribution >= 4 is 0 Å². The lowest BCUT2D eigenvalue weighted by molar-refractivity contribution is -0.371. The summed E-state index contributed by atoms with van der Waals surface area (Å²) in [5.74, 6) is -6.70. The fourth-order valence-electron chi connectivity index (χ4n) is 14.6. The lowest BCUT2D eigenvalue weighted by atomic mass is 9.97. The van der Waals surface area contributed by atoms with Gasteiger partial charge in [-0.3, -0.25) is 0 Å². The van der Waals surface area contributed by atoms with Crippen LogP contribution in [0.2, 0.25) is 0 Å². The van der Waals surface area contributed by atoms with Crippen molar-refractivity contribution in [2.24, 2.45) is 0 Å². The van der Waals surface area contributed by atoms with Crippen LogP contribution in [0, 0.1) is 0 Å². The Hall–Kier alpha value is -1.32. The van der Waals surface area contributed by atoms with Crippen molar-refractivity contribution in [2.45, 2.75) is 298 Å². The largest absolute Gasteiger partial charge is 0.388 e. The van der Waals surface area contributed by atoms with E-state index in [1.807, 2.05) is 111 Å². The molecule has 0 aromatic heterocycles. The molecule has 0 aromatic carbocycles. The lowest BCUT2D eigenvalue weighted by Crippen LogP contribution is -2.64. The van der Waals surface area contributed by atoms with Gasteiger partial charge in [0.25, 0.3) is 0 Å². The van der Waals surface area contributed by atoms with Crippen molar-refractivity contribution in [3.05, 3.63) is 0 Å². The molecular formula is C69H116O33. The van der Waals surface area contributed by atoms with E-state index in [2.05, 4.69) is 0 Å². The average molecular weight is 1470 g/mol. The Labute approximate surface area is 598 Å². The van der Waals surface area contributed by atoms with Crippen LogP contribution < -0.4 is 0 Å². The van der Waals surface area contributed by atoms with Crippen LogP contribution in [-0.2, 0) is 152 Å². The highest BCUT2D eigenvalue weighted by molar-refractivity contribution is 5.03. The molecular weight excluding hydrogens is 1360 g/mol. The van der Waals surface area contributed by atoms with Gasteiger partial charge >= 0.3 is 0 Å². The van der Waals surface area contributed by atoms with Gasteiger partial charge < -0.3 is 157 Å². The first-order valence-corrected chi connectivity index (χ1v) is 36.4. The molecule has 20 atom stereocenters. The molecule has 0 amide bonds. The second-order valence-electron chi connectivity index (χ2n) is 31.2. The maximum Gasteiger partial charge on any atom is 0.187 e. The lowest BCUT2D eigenvalue weighted by Gasteiger charge is -2.48. The van der Waals surface area contributed by atoms with Crippen LogP contribution in [0.4, 0.5) is 0 Å². The number of ether oxygens (including phenoxy) is 32. The number of rotatable bonds is 36. The minimum atomic E-state index is -0.953. The quantitative estimate of drug-likeness (QED) is 0.0882. The van der Waals surface area contributed by atoms with Crippen molar-refractivity contribution in [3.63, 3.8) is 0 Å². The van der Waals surface area contributed by atoms with Crippen LogP contribution in [0.3, 0.4) is 0 Å². The van der Waals surface area contributed by atoms with Crippen molar-refractivity contribution in [2.75, 3.05) is 145 Å². The highest BCUT2D eigenvalue weighted by Crippen LogP contribution is 2.47. The molecule has 590 valence electrons. The predicted molar refractivity (Wildman–Crippen MR) is 344 cm³/mol. The molecule has 0 aliphatic carbocycles. The Kier molecular flexibility index (Phi) is 26.5. The predicted octanol–water partition coefficient (Wildman–Crippen LogP) is 2.87. The van der Waals surface area contributed by atoms with Gasteiger partial charge in [-0.25, -0.2) is 0 Å². The molecule has 33 heteroatoms. The fourth-order valence-corrected chi connectivity index (χ4v) is 14.6. The molecule has 0 aromatic rings. The maximum absolute atomic E-state index is 10.9. The van der Waals surface area contributed by atoms with E-state index in [9.17, 15) is 5.11 Å². The first-order valence-electron chi connectivity index (χ1n) is 36.4. The molecule has 1 N–H and O–H groups in total. The molecule has 33 nitrogen and oxygen atoms in total. The van der Waals surface area contributed by atoms with Crippen LogP contribution >= 0.6 is 0 Å². The smallest absolute Gasteiger partial charge is 0.187 e. The van der Waals surface area contributed by atoms with Gasteiger partial charge in [0, 0.05) is 0 Å². The zero-order chi connectivity index (χ0) is 72.5. The van der Waals surface area contributed by atoms with E-state index < -0.39 is 187 Å². The number of fused-ring (bicyclic) bond motifs is 12. The summed E-state index contributed by atoms with van der Waals surface area (Å²) >= 11 is 0. The number of hydrogen-bond acceptors (Lipinski definition) is 33. The standard InChI is InChI=1S/C69H116O33/c1-62(2)83-35-42-46(91-62)50-54(99-66(9,10)95-50)58(87-42)79-25-19-73-31-40(32-74-20-26-80-59-55-51(96-67(11,12)100-55)47-43(88-59)36-84-63(3,4)92-47)77-23-17-71-29-39(70)30-72-18-24-78-41(33-75-21-27-81-60-56-52(97-68(13,14)101-56)48-44(89-60)37-85-64(5,6)93-48)34-76-22-28-82-61-57-53(98-69(15,16)102-57)49-45(90-61)38-86-65(7,8)94-49/h39-61,70H,17-38H2,1-16H3/t42-,43-,44-,45-,46-,47-,48-,49-,50+,51+,52+,53+,54+,55+,56+,57+,58+,59+,60+,61+/m1/s1. The summed E-state index contributed by atoms with van der Waals surface area (Å²) in [6.45, 7) is 33.6. The van der Waals surface area contributed by atoms with Crippen LogP contribution in [0.5, 0.6) is 0 Å². The first-order chi connectivity index (χ1) is 48.3. The maximum atomic E-state index is 10.9. The second kappa shape index (κ2) is 33.7. The van der Waals surface area contributed by atoms with Gasteiger partial charge in [-0.2, -0.15) is 0 Å². The van der Waals surface area contributed by atoms with Gasteiger partial charge in [0.05, 0.1) is 145 Å². The summed E-state index contributed by atoms with van der Waals surface area (Å²) in [7, 11) is 0. The molecule has 12 heterocycles. The Balaban J connectivity index is 0.578. The Bertz CT molecular complexity index is 2270. The molecule has 102 heavy (non-hydrogen) atoms. The molecule has 0 spiro atoms. The normalized spacial score (nSPS) is 39.2. The van der Waals surface area contributed by atoms with E-state index in [0.717, 1.165) is 0 Å². The molecule has 0 unspecified atom stereocenters. The van der Waals surface area contributed by atoms with Crippen LogP contribution in [0.15, 0.2) is 0 Å². The number of aliphatic hydroxyl groups excluding tert-OH is 1. The molecule has 12 fully saturated rings. The SMILES string of the molecule is CC1(C)O[C@@H]2[C@H](O1)[C@@H](OCCOCC(COCCO[C@H]1O[C@@H]3COC(C)(C)O[C@H]3[C@@H]3OC(C)(C)O[C@H]13)OCCOCC(O)COCCOC(COCCO[C@H]1O[C@@H]3COC(C)(C)O[C@H]3[C@@H]3OC(C)(C)O[C@H]13)COCCO[C@H]1O[C@@H]3COC(C)(C)O[C@H]3[C@@H]3OC(C)(C)O[C@H]13)O[C@@H]1COC(C)(C)O[C@@H]21. The van der Waals surface area contributed by atoms with E-state index in [1.165, 1.54) is 0 Å². The van der Waals surface area contributed by atoms with Gasteiger partial charge in [-0.15, -0.1) is 0 Å². The van der Waals surface area contributed by atoms with Crippen molar-refractivity contribution < 1.29 is 157 Å². The average Bonchev–Trinajstić information content (AvgIpc) is 1.58. The second-order valence-corrected chi connectivity index (χ2v) is 31.2. The third-order valence-corrected chi connectivity index (χ3v) is 18.8. The molecule has 12 aliphatic heterocycles. The van der Waals surface area contributed by atoms with E-state index in [4.69, 9.17) is 152 Å². The Morgan fingerprint density at radius 3 is 0.706 bits per heavy atom. The first kappa shape index (κ1) is 80.2. The van der Waals surface area contributed by atoms with E-state index in [-0.39, 0.29) is 119 Å². The third-order valence-electron chi connectivity index (χ3n) is 18.8.